The van der Waals surface area contributed by atoms with Gasteiger partial charge < -0.3 is 14.4 Å². The van der Waals surface area contributed by atoms with Gasteiger partial charge in [0, 0.05) is 11.1 Å². The highest BCUT2D eigenvalue weighted by molar-refractivity contribution is 6.00. The monoisotopic (exact) mass is 398 g/mol. The lowest BCUT2D eigenvalue weighted by atomic mass is 9.97. The van der Waals surface area contributed by atoms with Crippen molar-refractivity contribution in [1.82, 2.24) is 5.48 Å². The highest BCUT2D eigenvalue weighted by atomic mass is 16.6. The van der Waals surface area contributed by atoms with E-state index in [0.717, 1.165) is 16.7 Å². The van der Waals surface area contributed by atoms with E-state index in [9.17, 15) is 9.59 Å². The van der Waals surface area contributed by atoms with Crippen LogP contribution in [0.25, 0.3) is 0 Å². The molecule has 0 fully saturated rings. The van der Waals surface area contributed by atoms with Crippen molar-refractivity contribution in [2.45, 2.75) is 33.4 Å². The van der Waals surface area contributed by atoms with Crippen molar-refractivity contribution in [3.05, 3.63) is 70.3 Å². The van der Waals surface area contributed by atoms with E-state index in [1.54, 1.807) is 12.1 Å². The number of oxime groups is 1. The molecule has 0 aliphatic heterocycles. The number of Topliss-reactive ketones (excluding diaryl/α,β-unsaturated/α-hetero) is 1. The molecule has 0 heterocycles. The maximum Gasteiger partial charge on any atom is 0.329 e. The zero-order chi connectivity index (χ0) is 21.4. The van der Waals surface area contributed by atoms with Gasteiger partial charge in [-0.25, -0.2) is 4.79 Å². The minimum atomic E-state index is -0.785. The largest absolute Gasteiger partial charge is 0.468 e. The van der Waals surface area contributed by atoms with Crippen LogP contribution in [0.1, 0.15) is 52.5 Å². The average molecular weight is 398 g/mol. The normalized spacial score (nSPS) is 12.4. The first-order valence-electron chi connectivity index (χ1n) is 9.11. The van der Waals surface area contributed by atoms with E-state index in [1.165, 1.54) is 21.1 Å². The number of nitrogens with one attached hydrogen (secondary N) is 1. The summed E-state index contributed by atoms with van der Waals surface area (Å²) in [5.74, 6) is -0.455. The molecule has 0 saturated carbocycles. The molecule has 2 aromatic rings. The molecule has 0 aromatic heterocycles. The fourth-order valence-corrected chi connectivity index (χ4v) is 2.86. The van der Waals surface area contributed by atoms with Crippen molar-refractivity contribution in [1.29, 1.82) is 0 Å². The molecule has 0 amide bonds. The predicted molar refractivity (Wildman–Crippen MR) is 110 cm³/mol. The molecular weight excluding hydrogens is 372 g/mol. The number of hydrogen-bond acceptors (Lipinski definition) is 7. The molecule has 7 nitrogen and oxygen atoms in total. The van der Waals surface area contributed by atoms with E-state index in [4.69, 9.17) is 14.4 Å². The van der Waals surface area contributed by atoms with E-state index in [-0.39, 0.29) is 12.4 Å². The number of hydroxylamine groups is 1. The van der Waals surface area contributed by atoms with Crippen LogP contribution < -0.4 is 5.48 Å². The molecule has 0 aliphatic carbocycles. The van der Waals surface area contributed by atoms with Gasteiger partial charge in [0.1, 0.15) is 6.61 Å². The standard InChI is InChI=1S/C22H26N2O5/c1-14-7-6-8-19(21(24-28-5)22(26)27-4)20(14)13-29-23-15(2)17-9-11-18(12-10-17)16(3)25/h6-12,21,24H,13H2,1-5H3/b23-15+. The van der Waals surface area contributed by atoms with Gasteiger partial charge in [-0.1, -0.05) is 47.6 Å². The van der Waals surface area contributed by atoms with E-state index in [0.29, 0.717) is 16.8 Å². The van der Waals surface area contributed by atoms with Crippen molar-refractivity contribution in [2.24, 2.45) is 5.16 Å². The van der Waals surface area contributed by atoms with Gasteiger partial charge in [0.05, 0.1) is 19.9 Å². The topological polar surface area (TPSA) is 86.2 Å². The summed E-state index contributed by atoms with van der Waals surface area (Å²) in [6.45, 7) is 5.45. The summed E-state index contributed by atoms with van der Waals surface area (Å²) in [5.41, 5.74) is 7.30. The maximum absolute atomic E-state index is 12.2. The summed E-state index contributed by atoms with van der Waals surface area (Å²) in [6, 6.07) is 12.0. The zero-order valence-electron chi connectivity index (χ0n) is 17.3. The van der Waals surface area contributed by atoms with Gasteiger partial charge in [0.25, 0.3) is 0 Å². The number of carbonyl (C=O) groups is 2. The minimum Gasteiger partial charge on any atom is -0.468 e. The van der Waals surface area contributed by atoms with Crippen LogP contribution in [-0.2, 0) is 25.8 Å². The second-order valence-corrected chi connectivity index (χ2v) is 6.50. The zero-order valence-corrected chi connectivity index (χ0v) is 17.3. The number of esters is 1. The fourth-order valence-electron chi connectivity index (χ4n) is 2.86. The summed E-state index contributed by atoms with van der Waals surface area (Å²) < 4.78 is 4.87. The molecule has 1 N–H and O–H groups in total. The van der Waals surface area contributed by atoms with E-state index < -0.39 is 12.0 Å². The predicted octanol–water partition coefficient (Wildman–Crippen LogP) is 3.50. The summed E-state index contributed by atoms with van der Waals surface area (Å²) in [7, 11) is 2.76. The van der Waals surface area contributed by atoms with Crippen LogP contribution in [0.4, 0.5) is 0 Å². The van der Waals surface area contributed by atoms with E-state index in [1.807, 2.05) is 44.2 Å². The van der Waals surface area contributed by atoms with Crippen LogP contribution in [0, 0.1) is 6.92 Å². The Hall–Kier alpha value is -3.03. The molecule has 154 valence electrons. The number of nitrogens with zero attached hydrogens (tertiary/aromatic N) is 1. The molecule has 0 aliphatic rings. The van der Waals surface area contributed by atoms with Crippen LogP contribution >= 0.6 is 0 Å². The molecule has 0 saturated heterocycles. The van der Waals surface area contributed by atoms with Crippen molar-refractivity contribution in [3.8, 4) is 0 Å². The van der Waals surface area contributed by atoms with Gasteiger partial charge in [-0.2, -0.15) is 5.48 Å². The lowest BCUT2D eigenvalue weighted by Crippen LogP contribution is -2.30. The number of rotatable bonds is 9. The Morgan fingerprint density at radius 1 is 1.03 bits per heavy atom. The smallest absolute Gasteiger partial charge is 0.329 e. The Labute approximate surface area is 170 Å². The van der Waals surface area contributed by atoms with Crippen molar-refractivity contribution in [3.63, 3.8) is 0 Å². The Balaban J connectivity index is 2.20. The first kappa shape index (κ1) is 22.3. The van der Waals surface area contributed by atoms with E-state index in [2.05, 4.69) is 10.6 Å². The summed E-state index contributed by atoms with van der Waals surface area (Å²) in [6.07, 6.45) is 0. The molecule has 29 heavy (non-hydrogen) atoms. The molecule has 1 atom stereocenters. The highest BCUT2D eigenvalue weighted by Gasteiger charge is 2.25. The van der Waals surface area contributed by atoms with Crippen LogP contribution in [0.5, 0.6) is 0 Å². The number of benzene rings is 2. The molecular formula is C22H26N2O5. The first-order chi connectivity index (χ1) is 13.9. The SMILES string of the molecule is CONC(C(=O)OC)c1cccc(C)c1CO/N=C(\C)c1ccc(C(C)=O)cc1. The summed E-state index contributed by atoms with van der Waals surface area (Å²) >= 11 is 0. The Morgan fingerprint density at radius 3 is 2.28 bits per heavy atom. The quantitative estimate of drug-likeness (QED) is 0.301. The van der Waals surface area contributed by atoms with Gasteiger partial charge in [-0.15, -0.1) is 0 Å². The summed E-state index contributed by atoms with van der Waals surface area (Å²) in [4.78, 5) is 34.1. The molecule has 0 radical (unpaired) electrons. The Bertz CT molecular complexity index is 891. The number of hydrogen-bond donors (Lipinski definition) is 1. The van der Waals surface area contributed by atoms with Crippen molar-refractivity contribution >= 4 is 17.5 Å². The first-order valence-corrected chi connectivity index (χ1v) is 9.11. The molecule has 7 heteroatoms. The van der Waals surface area contributed by atoms with Gasteiger partial charge >= 0.3 is 5.97 Å². The number of carbonyl (C=O) groups excluding carboxylic acids is 2. The number of ketones is 1. The Kier molecular flexibility index (Phi) is 8.06. The lowest BCUT2D eigenvalue weighted by Gasteiger charge is -2.19. The number of ether oxygens (including phenoxy) is 1. The Morgan fingerprint density at radius 2 is 1.69 bits per heavy atom. The highest BCUT2D eigenvalue weighted by Crippen LogP contribution is 2.24. The number of aryl methyl sites for hydroxylation is 1. The van der Waals surface area contributed by atoms with E-state index >= 15 is 0 Å². The van der Waals surface area contributed by atoms with Crippen molar-refractivity contribution < 1.29 is 24.0 Å². The third kappa shape index (κ3) is 5.73. The minimum absolute atomic E-state index is 0.0132. The molecule has 0 bridgehead atoms. The van der Waals surface area contributed by atoms with Crippen LogP contribution in [0.3, 0.4) is 0 Å². The molecule has 0 spiro atoms. The average Bonchev–Trinajstić information content (AvgIpc) is 2.72. The lowest BCUT2D eigenvalue weighted by molar-refractivity contribution is -0.147. The van der Waals surface area contributed by atoms with Gasteiger partial charge in [-0.3, -0.25) is 4.79 Å². The third-order valence-corrected chi connectivity index (χ3v) is 4.55. The van der Waals surface area contributed by atoms with Gasteiger partial charge in [0.15, 0.2) is 11.8 Å². The third-order valence-electron chi connectivity index (χ3n) is 4.55. The second-order valence-electron chi connectivity index (χ2n) is 6.50. The molecule has 2 aromatic carbocycles. The van der Waals surface area contributed by atoms with Crippen molar-refractivity contribution in [2.75, 3.05) is 14.2 Å². The van der Waals surface area contributed by atoms with Gasteiger partial charge in [-0.05, 0) is 37.5 Å². The second kappa shape index (κ2) is 10.5. The number of methoxy groups -OCH3 is 1. The van der Waals surface area contributed by atoms with Crippen LogP contribution in [0.15, 0.2) is 47.6 Å². The van der Waals surface area contributed by atoms with Crippen LogP contribution in [0.2, 0.25) is 0 Å². The van der Waals surface area contributed by atoms with Crippen LogP contribution in [-0.4, -0.2) is 31.7 Å². The maximum atomic E-state index is 12.2. The molecule has 2 rings (SSSR count). The molecule has 1 unspecified atom stereocenters. The fraction of sp³-hybridized carbons (Fsp3) is 0.318. The summed E-state index contributed by atoms with van der Waals surface area (Å²) in [5, 5.41) is 4.18. The van der Waals surface area contributed by atoms with Gasteiger partial charge in [0.2, 0.25) is 0 Å².